The number of halogens is 1. The van der Waals surface area contributed by atoms with E-state index in [0.717, 1.165) is 35.7 Å². The van der Waals surface area contributed by atoms with Gasteiger partial charge in [-0.2, -0.15) is 0 Å². The number of nitrogens with one attached hydrogen (secondary N) is 3. The molecule has 2 aromatic carbocycles. The second-order valence-corrected chi connectivity index (χ2v) is 7.09. The predicted molar refractivity (Wildman–Crippen MR) is 112 cm³/mol. The first kappa shape index (κ1) is 20.6. The van der Waals surface area contributed by atoms with Gasteiger partial charge in [0.1, 0.15) is 11.9 Å². The Morgan fingerprint density at radius 3 is 2.59 bits per heavy atom. The summed E-state index contributed by atoms with van der Waals surface area (Å²) in [4.78, 5) is 28.6. The number of hydrogen-bond acceptors (Lipinski definition) is 2. The molecule has 0 aliphatic carbocycles. The molecular weight excluding hydrogens is 369 g/mol. The van der Waals surface area contributed by atoms with Gasteiger partial charge in [0.2, 0.25) is 5.91 Å². The minimum absolute atomic E-state index is 0.221. The van der Waals surface area contributed by atoms with E-state index in [1.165, 1.54) is 24.3 Å². The molecule has 0 saturated heterocycles. The maximum Gasteiger partial charge on any atom is 0.251 e. The number of H-pyrrole nitrogens is 1. The number of rotatable bonds is 9. The van der Waals surface area contributed by atoms with Crippen LogP contribution in [0.25, 0.3) is 10.9 Å². The molecule has 1 unspecified atom stereocenters. The lowest BCUT2D eigenvalue weighted by atomic mass is 10.0. The Labute approximate surface area is 169 Å². The van der Waals surface area contributed by atoms with E-state index >= 15 is 0 Å². The summed E-state index contributed by atoms with van der Waals surface area (Å²) in [6, 6.07) is 12.4. The highest BCUT2D eigenvalue weighted by Crippen LogP contribution is 2.19. The molecule has 29 heavy (non-hydrogen) atoms. The lowest BCUT2D eigenvalue weighted by Gasteiger charge is -2.18. The zero-order valence-corrected chi connectivity index (χ0v) is 16.5. The van der Waals surface area contributed by atoms with Gasteiger partial charge in [-0.1, -0.05) is 38.0 Å². The third kappa shape index (κ3) is 5.44. The lowest BCUT2D eigenvalue weighted by molar-refractivity contribution is -0.122. The topological polar surface area (TPSA) is 74.0 Å². The summed E-state index contributed by atoms with van der Waals surface area (Å²) < 4.78 is 13.1. The van der Waals surface area contributed by atoms with Crippen molar-refractivity contribution in [1.29, 1.82) is 0 Å². The maximum absolute atomic E-state index is 13.1. The average Bonchev–Trinajstić information content (AvgIpc) is 3.14. The Bertz CT molecular complexity index is 966. The van der Waals surface area contributed by atoms with Crippen LogP contribution in [0.3, 0.4) is 0 Å². The quantitative estimate of drug-likeness (QED) is 0.480. The highest BCUT2D eigenvalue weighted by atomic mass is 19.1. The van der Waals surface area contributed by atoms with Gasteiger partial charge in [0.25, 0.3) is 5.91 Å². The van der Waals surface area contributed by atoms with E-state index in [0.29, 0.717) is 18.5 Å². The summed E-state index contributed by atoms with van der Waals surface area (Å²) in [5, 5.41) is 6.75. The Kier molecular flexibility index (Phi) is 7.00. The molecule has 0 aliphatic rings. The van der Waals surface area contributed by atoms with E-state index in [1.807, 2.05) is 30.5 Å². The van der Waals surface area contributed by atoms with E-state index < -0.39 is 17.8 Å². The number of fused-ring (bicyclic) bond motifs is 1. The summed E-state index contributed by atoms with van der Waals surface area (Å²) in [7, 11) is 0. The van der Waals surface area contributed by atoms with Crippen LogP contribution < -0.4 is 10.6 Å². The van der Waals surface area contributed by atoms with Crippen LogP contribution in [0.1, 0.15) is 42.1 Å². The maximum atomic E-state index is 13.1. The zero-order chi connectivity index (χ0) is 20.6. The highest BCUT2D eigenvalue weighted by Gasteiger charge is 2.23. The number of aromatic amines is 1. The van der Waals surface area contributed by atoms with Crippen LogP contribution in [0, 0.1) is 5.82 Å². The van der Waals surface area contributed by atoms with Crippen LogP contribution >= 0.6 is 0 Å². The Hall–Kier alpha value is -3.15. The fraction of sp³-hybridized carbons (Fsp3) is 0.304. The molecule has 0 spiro atoms. The van der Waals surface area contributed by atoms with Crippen molar-refractivity contribution < 1.29 is 14.0 Å². The third-order valence-corrected chi connectivity index (χ3v) is 4.91. The van der Waals surface area contributed by atoms with E-state index in [4.69, 9.17) is 0 Å². The molecule has 1 aromatic heterocycles. The molecule has 3 aromatic rings. The molecule has 5 nitrogen and oxygen atoms in total. The molecule has 1 heterocycles. The van der Waals surface area contributed by atoms with Gasteiger partial charge in [0.15, 0.2) is 0 Å². The van der Waals surface area contributed by atoms with Crippen molar-refractivity contribution in [3.8, 4) is 0 Å². The summed E-state index contributed by atoms with van der Waals surface area (Å²) >= 11 is 0. The van der Waals surface area contributed by atoms with Gasteiger partial charge in [0.05, 0.1) is 0 Å². The van der Waals surface area contributed by atoms with Gasteiger partial charge in [-0.25, -0.2) is 4.39 Å². The number of aromatic nitrogens is 1. The average molecular weight is 395 g/mol. The first-order chi connectivity index (χ1) is 14.1. The molecule has 0 bridgehead atoms. The molecule has 0 saturated carbocycles. The number of carbonyl (C=O) groups is 2. The van der Waals surface area contributed by atoms with Gasteiger partial charge in [0, 0.05) is 35.6 Å². The normalized spacial score (nSPS) is 11.9. The number of unbranched alkanes of at least 4 members (excludes halogenated alkanes) is 2. The minimum atomic E-state index is -0.728. The van der Waals surface area contributed by atoms with Crippen molar-refractivity contribution in [3.63, 3.8) is 0 Å². The van der Waals surface area contributed by atoms with E-state index in [9.17, 15) is 14.0 Å². The molecule has 0 aliphatic heterocycles. The van der Waals surface area contributed by atoms with Crippen molar-refractivity contribution in [2.24, 2.45) is 0 Å². The monoisotopic (exact) mass is 395 g/mol. The molecular formula is C23H26FN3O2. The molecule has 0 fully saturated rings. The van der Waals surface area contributed by atoms with E-state index in [1.54, 1.807) is 0 Å². The number of amides is 2. The van der Waals surface area contributed by atoms with Crippen molar-refractivity contribution in [1.82, 2.24) is 15.6 Å². The molecule has 0 radical (unpaired) electrons. The predicted octanol–water partition coefficient (Wildman–Crippen LogP) is 3.95. The van der Waals surface area contributed by atoms with Crippen molar-refractivity contribution in [2.75, 3.05) is 6.54 Å². The smallest absolute Gasteiger partial charge is 0.251 e. The van der Waals surface area contributed by atoms with Crippen LogP contribution in [0.5, 0.6) is 0 Å². The summed E-state index contributed by atoms with van der Waals surface area (Å²) in [5.74, 6) is -1.04. The van der Waals surface area contributed by atoms with E-state index in [2.05, 4.69) is 22.5 Å². The van der Waals surface area contributed by atoms with Gasteiger partial charge in [-0.3, -0.25) is 9.59 Å². The SMILES string of the molecule is CCCCCNC(=O)C(Cc1c[nH]c2ccccc12)NC(=O)c1ccc(F)cc1. The second-order valence-electron chi connectivity index (χ2n) is 7.09. The zero-order valence-electron chi connectivity index (χ0n) is 16.5. The second kappa shape index (κ2) is 9.87. The van der Waals surface area contributed by atoms with Crippen LogP contribution in [-0.4, -0.2) is 29.4 Å². The minimum Gasteiger partial charge on any atom is -0.361 e. The summed E-state index contributed by atoms with van der Waals surface area (Å²) in [6.07, 6.45) is 5.22. The molecule has 1 atom stereocenters. The van der Waals surface area contributed by atoms with Gasteiger partial charge in [-0.15, -0.1) is 0 Å². The van der Waals surface area contributed by atoms with Gasteiger partial charge < -0.3 is 15.6 Å². The first-order valence-corrected chi connectivity index (χ1v) is 9.97. The fourth-order valence-corrected chi connectivity index (χ4v) is 3.28. The largest absolute Gasteiger partial charge is 0.361 e. The fourth-order valence-electron chi connectivity index (χ4n) is 3.28. The van der Waals surface area contributed by atoms with Crippen molar-refractivity contribution >= 4 is 22.7 Å². The standard InChI is InChI=1S/C23H26FN3O2/c1-2-3-6-13-25-23(29)21(27-22(28)16-9-11-18(24)12-10-16)14-17-15-26-20-8-5-4-7-19(17)20/h4-5,7-12,15,21,26H,2-3,6,13-14H2,1H3,(H,25,29)(H,27,28). The lowest BCUT2D eigenvalue weighted by Crippen LogP contribution is -2.48. The third-order valence-electron chi connectivity index (χ3n) is 4.91. The van der Waals surface area contributed by atoms with Crippen LogP contribution in [0.4, 0.5) is 4.39 Å². The number of hydrogen-bond donors (Lipinski definition) is 3. The Balaban J connectivity index is 1.76. The number of para-hydroxylation sites is 1. The first-order valence-electron chi connectivity index (χ1n) is 9.97. The van der Waals surface area contributed by atoms with Crippen molar-refractivity contribution in [2.45, 2.75) is 38.6 Å². The van der Waals surface area contributed by atoms with E-state index in [-0.39, 0.29) is 5.91 Å². The van der Waals surface area contributed by atoms with Gasteiger partial charge in [-0.05, 0) is 42.3 Å². The number of carbonyl (C=O) groups excluding carboxylic acids is 2. The van der Waals surface area contributed by atoms with Crippen LogP contribution in [-0.2, 0) is 11.2 Å². The summed E-state index contributed by atoms with van der Waals surface area (Å²) in [6.45, 7) is 2.67. The molecule has 2 amide bonds. The van der Waals surface area contributed by atoms with Crippen molar-refractivity contribution in [3.05, 3.63) is 71.7 Å². The number of benzene rings is 2. The molecule has 3 N–H and O–H groups in total. The Morgan fingerprint density at radius 2 is 1.83 bits per heavy atom. The molecule has 6 heteroatoms. The molecule has 152 valence electrons. The van der Waals surface area contributed by atoms with Crippen LogP contribution in [0.15, 0.2) is 54.7 Å². The molecule has 3 rings (SSSR count). The van der Waals surface area contributed by atoms with Gasteiger partial charge >= 0.3 is 0 Å². The Morgan fingerprint density at radius 1 is 1.07 bits per heavy atom. The summed E-state index contributed by atoms with van der Waals surface area (Å²) in [5.41, 5.74) is 2.25. The highest BCUT2D eigenvalue weighted by molar-refractivity contribution is 5.97. The van der Waals surface area contributed by atoms with Crippen LogP contribution in [0.2, 0.25) is 0 Å².